The summed E-state index contributed by atoms with van der Waals surface area (Å²) < 4.78 is 14.4. The molecule has 0 bridgehead atoms. The van der Waals surface area contributed by atoms with Crippen LogP contribution in [0.25, 0.3) is 0 Å². The van der Waals surface area contributed by atoms with Crippen LogP contribution < -0.4 is 5.73 Å². The van der Waals surface area contributed by atoms with Crippen molar-refractivity contribution in [3.8, 4) is 0 Å². The molecule has 2 atom stereocenters. The molecule has 1 fully saturated rings. The van der Waals surface area contributed by atoms with Crippen LogP contribution in [0.2, 0.25) is 0 Å². The van der Waals surface area contributed by atoms with Crippen LogP contribution in [0.5, 0.6) is 0 Å². The van der Waals surface area contributed by atoms with Gasteiger partial charge in [0.05, 0.1) is 5.56 Å². The Balaban J connectivity index is 2.18. The van der Waals surface area contributed by atoms with E-state index in [2.05, 4.69) is 23.9 Å². The second kappa shape index (κ2) is 6.22. The molecule has 1 aromatic carbocycles. The topological polar surface area (TPSA) is 61.8 Å². The summed E-state index contributed by atoms with van der Waals surface area (Å²) in [6.07, 6.45) is 2.29. The van der Waals surface area contributed by atoms with E-state index in [0.29, 0.717) is 18.2 Å². The SMILES string of the molecule is CC1CCN(Cc2cccc(/C(N)=N/O)c2F)C(C)C1. The zero-order valence-electron chi connectivity index (χ0n) is 12.0. The van der Waals surface area contributed by atoms with Crippen LogP contribution in [0.15, 0.2) is 23.4 Å². The molecule has 0 aromatic heterocycles. The van der Waals surface area contributed by atoms with Gasteiger partial charge in [0.2, 0.25) is 0 Å². The summed E-state index contributed by atoms with van der Waals surface area (Å²) in [5.74, 6) is 0.146. The average Bonchev–Trinajstić information content (AvgIpc) is 2.43. The number of benzene rings is 1. The van der Waals surface area contributed by atoms with Crippen LogP contribution >= 0.6 is 0 Å². The van der Waals surface area contributed by atoms with Crippen molar-refractivity contribution in [3.63, 3.8) is 0 Å². The molecule has 4 nitrogen and oxygen atoms in total. The molecular formula is C15H22FN3O. The van der Waals surface area contributed by atoms with Crippen molar-refractivity contribution >= 4 is 5.84 Å². The number of piperidine rings is 1. The van der Waals surface area contributed by atoms with Crippen molar-refractivity contribution in [2.24, 2.45) is 16.8 Å². The van der Waals surface area contributed by atoms with Crippen molar-refractivity contribution in [2.45, 2.75) is 39.3 Å². The summed E-state index contributed by atoms with van der Waals surface area (Å²) in [7, 11) is 0. The predicted octanol–water partition coefficient (Wildman–Crippen LogP) is 2.54. The van der Waals surface area contributed by atoms with E-state index in [1.807, 2.05) is 0 Å². The second-order valence-electron chi connectivity index (χ2n) is 5.71. The fourth-order valence-corrected chi connectivity index (χ4v) is 2.86. The predicted molar refractivity (Wildman–Crippen MR) is 77.2 cm³/mol. The highest BCUT2D eigenvalue weighted by atomic mass is 19.1. The minimum absolute atomic E-state index is 0.156. The molecule has 110 valence electrons. The normalized spacial score (nSPS) is 24.9. The molecule has 0 saturated carbocycles. The molecule has 1 saturated heterocycles. The molecule has 1 aromatic rings. The molecule has 3 N–H and O–H groups in total. The molecule has 0 radical (unpaired) electrons. The Bertz CT molecular complexity index is 504. The molecule has 0 spiro atoms. The number of nitrogens with two attached hydrogens (primary N) is 1. The van der Waals surface area contributed by atoms with Gasteiger partial charge < -0.3 is 10.9 Å². The largest absolute Gasteiger partial charge is 0.409 e. The molecule has 0 aliphatic carbocycles. The number of hydrogen-bond donors (Lipinski definition) is 2. The number of likely N-dealkylation sites (tertiary alicyclic amines) is 1. The number of oxime groups is 1. The van der Waals surface area contributed by atoms with Gasteiger partial charge in [-0.2, -0.15) is 0 Å². The molecule has 2 rings (SSSR count). The van der Waals surface area contributed by atoms with Gasteiger partial charge in [0.1, 0.15) is 5.82 Å². The number of hydrogen-bond acceptors (Lipinski definition) is 3. The molecule has 0 amide bonds. The van der Waals surface area contributed by atoms with E-state index in [1.54, 1.807) is 12.1 Å². The highest BCUT2D eigenvalue weighted by Gasteiger charge is 2.24. The summed E-state index contributed by atoms with van der Waals surface area (Å²) in [6.45, 7) is 5.98. The zero-order valence-corrected chi connectivity index (χ0v) is 12.0. The van der Waals surface area contributed by atoms with E-state index in [9.17, 15) is 4.39 Å². The molecule has 1 aliphatic rings. The maximum atomic E-state index is 14.4. The Kier molecular flexibility index (Phi) is 4.60. The zero-order chi connectivity index (χ0) is 14.7. The van der Waals surface area contributed by atoms with Gasteiger partial charge in [-0.15, -0.1) is 0 Å². The Labute approximate surface area is 119 Å². The van der Waals surface area contributed by atoms with Gasteiger partial charge in [-0.1, -0.05) is 24.2 Å². The molecule has 20 heavy (non-hydrogen) atoms. The highest BCUT2D eigenvalue weighted by Crippen LogP contribution is 2.25. The Morgan fingerprint density at radius 2 is 2.25 bits per heavy atom. The first-order valence-electron chi connectivity index (χ1n) is 7.02. The van der Waals surface area contributed by atoms with Crippen molar-refractivity contribution in [2.75, 3.05) is 6.54 Å². The van der Waals surface area contributed by atoms with Crippen molar-refractivity contribution in [3.05, 3.63) is 35.1 Å². The van der Waals surface area contributed by atoms with Crippen molar-refractivity contribution in [1.29, 1.82) is 0 Å². The maximum Gasteiger partial charge on any atom is 0.173 e. The van der Waals surface area contributed by atoms with E-state index in [1.165, 1.54) is 6.07 Å². The van der Waals surface area contributed by atoms with Crippen molar-refractivity contribution < 1.29 is 9.60 Å². The summed E-state index contributed by atoms with van der Waals surface area (Å²) in [5, 5.41) is 11.6. The molecule has 2 unspecified atom stereocenters. The number of halogens is 1. The minimum Gasteiger partial charge on any atom is -0.409 e. The smallest absolute Gasteiger partial charge is 0.173 e. The van der Waals surface area contributed by atoms with Crippen LogP contribution in [-0.4, -0.2) is 28.5 Å². The first-order chi connectivity index (χ1) is 9.52. The fourth-order valence-electron chi connectivity index (χ4n) is 2.86. The van der Waals surface area contributed by atoms with Gasteiger partial charge in [-0.3, -0.25) is 4.90 Å². The van der Waals surface area contributed by atoms with Crippen molar-refractivity contribution in [1.82, 2.24) is 4.90 Å². The third kappa shape index (κ3) is 3.10. The van der Waals surface area contributed by atoms with Crippen LogP contribution in [0.3, 0.4) is 0 Å². The summed E-state index contributed by atoms with van der Waals surface area (Å²) in [5.41, 5.74) is 6.24. The average molecular weight is 279 g/mol. The minimum atomic E-state index is -0.395. The lowest BCUT2D eigenvalue weighted by molar-refractivity contribution is 0.121. The van der Waals surface area contributed by atoms with E-state index >= 15 is 0 Å². The van der Waals surface area contributed by atoms with Gasteiger partial charge in [0.15, 0.2) is 5.84 Å². The molecule has 1 heterocycles. The lowest BCUT2D eigenvalue weighted by Crippen LogP contribution is -2.39. The Morgan fingerprint density at radius 3 is 2.90 bits per heavy atom. The summed E-state index contributed by atoms with van der Waals surface area (Å²) in [4.78, 5) is 2.29. The Morgan fingerprint density at radius 1 is 1.50 bits per heavy atom. The van der Waals surface area contributed by atoms with Gasteiger partial charge in [0, 0.05) is 18.2 Å². The van der Waals surface area contributed by atoms with Crippen LogP contribution in [0.4, 0.5) is 4.39 Å². The van der Waals surface area contributed by atoms with Gasteiger partial charge in [-0.05, 0) is 38.3 Å². The van der Waals surface area contributed by atoms with Gasteiger partial charge in [0.25, 0.3) is 0 Å². The third-order valence-corrected chi connectivity index (χ3v) is 4.11. The molecule has 5 heteroatoms. The number of nitrogens with zero attached hydrogens (tertiary/aromatic N) is 2. The van der Waals surface area contributed by atoms with E-state index in [4.69, 9.17) is 10.9 Å². The standard InChI is InChI=1S/C15H22FN3O/c1-10-6-7-19(11(2)8-10)9-12-4-3-5-13(14(12)16)15(17)18-20/h3-5,10-11,20H,6-9H2,1-2H3,(H2,17,18). The maximum absolute atomic E-state index is 14.4. The highest BCUT2D eigenvalue weighted by molar-refractivity contribution is 5.97. The van der Waals surface area contributed by atoms with Crippen LogP contribution in [0.1, 0.15) is 37.8 Å². The second-order valence-corrected chi connectivity index (χ2v) is 5.71. The van der Waals surface area contributed by atoms with Gasteiger partial charge >= 0.3 is 0 Å². The number of amidine groups is 1. The lowest BCUT2D eigenvalue weighted by atomic mass is 9.93. The summed E-state index contributed by atoms with van der Waals surface area (Å²) in [6, 6.07) is 5.47. The monoisotopic (exact) mass is 279 g/mol. The number of rotatable bonds is 3. The van der Waals surface area contributed by atoms with Crippen LogP contribution in [0, 0.1) is 11.7 Å². The first-order valence-corrected chi connectivity index (χ1v) is 7.02. The van der Waals surface area contributed by atoms with E-state index in [-0.39, 0.29) is 11.4 Å². The quantitative estimate of drug-likeness (QED) is 0.387. The molecular weight excluding hydrogens is 257 g/mol. The summed E-state index contributed by atoms with van der Waals surface area (Å²) >= 11 is 0. The molecule has 1 aliphatic heterocycles. The van der Waals surface area contributed by atoms with E-state index < -0.39 is 5.82 Å². The van der Waals surface area contributed by atoms with Gasteiger partial charge in [-0.25, -0.2) is 4.39 Å². The van der Waals surface area contributed by atoms with Crippen LogP contribution in [-0.2, 0) is 6.54 Å². The lowest BCUT2D eigenvalue weighted by Gasteiger charge is -2.36. The first kappa shape index (κ1) is 14.8. The van der Waals surface area contributed by atoms with E-state index in [0.717, 1.165) is 25.3 Å². The third-order valence-electron chi connectivity index (χ3n) is 4.11. The fraction of sp³-hybridized carbons (Fsp3) is 0.533. The Hall–Kier alpha value is -1.62.